The number of urea groups is 1. The first kappa shape index (κ1) is 14.5. The number of hydrogen-bond acceptors (Lipinski definition) is 4. The van der Waals surface area contributed by atoms with Crippen molar-refractivity contribution in [2.24, 2.45) is 16.5 Å². The van der Waals surface area contributed by atoms with Crippen LogP contribution in [0.5, 0.6) is 0 Å². The van der Waals surface area contributed by atoms with Gasteiger partial charge in [-0.25, -0.2) is 4.79 Å². The number of amidine groups is 1. The number of thiophene rings is 1. The first-order chi connectivity index (χ1) is 9.56. The van der Waals surface area contributed by atoms with Gasteiger partial charge in [-0.1, -0.05) is 6.07 Å². The highest BCUT2D eigenvalue weighted by Gasteiger charge is 2.19. The van der Waals surface area contributed by atoms with Crippen molar-refractivity contribution in [2.45, 2.75) is 0 Å². The van der Waals surface area contributed by atoms with Crippen LogP contribution in [-0.4, -0.2) is 60.3 Å². The largest absolute Gasteiger partial charge is 0.386 e. The van der Waals surface area contributed by atoms with Crippen molar-refractivity contribution >= 4 is 29.1 Å². The SMILES string of the molecule is NC(=O)N1CCN(CC(N)=NC(=O)c2cccs2)CC1. The zero-order valence-corrected chi connectivity index (χ0v) is 11.8. The molecule has 0 spiro atoms. The van der Waals surface area contributed by atoms with Crippen molar-refractivity contribution < 1.29 is 9.59 Å². The van der Waals surface area contributed by atoms with E-state index >= 15 is 0 Å². The molecule has 20 heavy (non-hydrogen) atoms. The highest BCUT2D eigenvalue weighted by molar-refractivity contribution is 7.12. The zero-order chi connectivity index (χ0) is 14.5. The number of carbonyl (C=O) groups is 2. The fraction of sp³-hybridized carbons (Fsp3) is 0.417. The Balaban J connectivity index is 1.85. The fourth-order valence-electron chi connectivity index (χ4n) is 1.98. The van der Waals surface area contributed by atoms with Crippen molar-refractivity contribution in [1.29, 1.82) is 0 Å². The van der Waals surface area contributed by atoms with Crippen LogP contribution in [0.25, 0.3) is 0 Å². The summed E-state index contributed by atoms with van der Waals surface area (Å²) in [6, 6.07) is 3.11. The van der Waals surface area contributed by atoms with E-state index in [1.54, 1.807) is 17.0 Å². The van der Waals surface area contributed by atoms with Crippen molar-refractivity contribution in [1.82, 2.24) is 9.80 Å². The second-order valence-corrected chi connectivity index (χ2v) is 5.43. The summed E-state index contributed by atoms with van der Waals surface area (Å²) in [4.78, 5) is 30.8. The Labute approximate surface area is 120 Å². The lowest BCUT2D eigenvalue weighted by atomic mass is 10.3. The molecule has 0 aromatic carbocycles. The van der Waals surface area contributed by atoms with Crippen LogP contribution in [-0.2, 0) is 0 Å². The molecule has 1 fully saturated rings. The molecule has 3 amide bonds. The molecule has 4 N–H and O–H groups in total. The minimum absolute atomic E-state index is 0.288. The smallest absolute Gasteiger partial charge is 0.314 e. The predicted octanol–water partition coefficient (Wildman–Crippen LogP) is -0.0582. The van der Waals surface area contributed by atoms with Crippen molar-refractivity contribution in [3.8, 4) is 0 Å². The van der Waals surface area contributed by atoms with Gasteiger partial charge in [-0.2, -0.15) is 4.99 Å². The summed E-state index contributed by atoms with van der Waals surface area (Å²) in [6.45, 7) is 2.91. The molecule has 0 atom stereocenters. The van der Waals surface area contributed by atoms with E-state index in [0.29, 0.717) is 37.6 Å². The van der Waals surface area contributed by atoms with Crippen LogP contribution in [0.4, 0.5) is 4.79 Å². The third-order valence-electron chi connectivity index (χ3n) is 3.05. The number of aliphatic imine (C=N–C) groups is 1. The highest BCUT2D eigenvalue weighted by atomic mass is 32.1. The molecule has 1 aliphatic heterocycles. The summed E-state index contributed by atoms with van der Waals surface area (Å²) in [5.41, 5.74) is 11.0. The summed E-state index contributed by atoms with van der Waals surface area (Å²) in [6.07, 6.45) is 0. The lowest BCUT2D eigenvalue weighted by Crippen LogP contribution is -2.52. The van der Waals surface area contributed by atoms with E-state index in [9.17, 15) is 9.59 Å². The van der Waals surface area contributed by atoms with Gasteiger partial charge in [-0.05, 0) is 11.4 Å². The molecule has 2 rings (SSSR count). The second kappa shape index (κ2) is 6.49. The van der Waals surface area contributed by atoms with Crippen molar-refractivity contribution in [3.63, 3.8) is 0 Å². The Morgan fingerprint density at radius 1 is 1.25 bits per heavy atom. The van der Waals surface area contributed by atoms with Crippen molar-refractivity contribution in [3.05, 3.63) is 22.4 Å². The monoisotopic (exact) mass is 295 g/mol. The fourth-order valence-corrected chi connectivity index (χ4v) is 2.58. The minimum Gasteiger partial charge on any atom is -0.386 e. The number of nitrogens with two attached hydrogens (primary N) is 2. The van der Waals surface area contributed by atoms with E-state index in [1.165, 1.54) is 11.3 Å². The van der Waals surface area contributed by atoms with Gasteiger partial charge in [0.2, 0.25) is 0 Å². The first-order valence-electron chi connectivity index (χ1n) is 6.24. The Morgan fingerprint density at radius 3 is 2.50 bits per heavy atom. The highest BCUT2D eigenvalue weighted by Crippen LogP contribution is 2.09. The van der Waals surface area contributed by atoms with Gasteiger partial charge >= 0.3 is 6.03 Å². The van der Waals surface area contributed by atoms with Crippen LogP contribution in [0.2, 0.25) is 0 Å². The van der Waals surface area contributed by atoms with Gasteiger partial charge < -0.3 is 16.4 Å². The lowest BCUT2D eigenvalue weighted by molar-refractivity contribution is 0.101. The summed E-state index contributed by atoms with van der Waals surface area (Å²) in [5.74, 6) is -0.0239. The van der Waals surface area contributed by atoms with Gasteiger partial charge in [-0.15, -0.1) is 11.3 Å². The topological polar surface area (TPSA) is 105 Å². The maximum atomic E-state index is 11.8. The molecule has 0 unspecified atom stereocenters. The number of rotatable bonds is 3. The van der Waals surface area contributed by atoms with Crippen LogP contribution in [0.3, 0.4) is 0 Å². The van der Waals surface area contributed by atoms with E-state index < -0.39 is 6.03 Å². The normalized spacial score (nSPS) is 17.2. The summed E-state index contributed by atoms with van der Waals surface area (Å²) >= 11 is 1.34. The zero-order valence-electron chi connectivity index (χ0n) is 11.0. The number of hydrogen-bond donors (Lipinski definition) is 2. The molecule has 0 bridgehead atoms. The first-order valence-corrected chi connectivity index (χ1v) is 7.12. The van der Waals surface area contributed by atoms with Gasteiger partial charge in [-0.3, -0.25) is 9.69 Å². The number of nitrogens with zero attached hydrogens (tertiary/aromatic N) is 3. The molecule has 2 heterocycles. The number of amides is 3. The molecule has 1 aliphatic rings. The molecule has 1 aromatic rings. The number of carbonyl (C=O) groups excluding carboxylic acids is 2. The van der Waals surface area contributed by atoms with Gasteiger partial charge in [0.05, 0.1) is 11.4 Å². The van der Waals surface area contributed by atoms with Crippen LogP contribution in [0.1, 0.15) is 9.67 Å². The number of piperazine rings is 1. The minimum atomic E-state index is -0.404. The molecular formula is C12H17N5O2S. The molecule has 8 heteroatoms. The van der Waals surface area contributed by atoms with Crippen LogP contribution in [0.15, 0.2) is 22.5 Å². The van der Waals surface area contributed by atoms with Gasteiger partial charge in [0, 0.05) is 26.2 Å². The average molecular weight is 295 g/mol. The van der Waals surface area contributed by atoms with E-state index in [0.717, 1.165) is 0 Å². The molecule has 0 saturated carbocycles. The van der Waals surface area contributed by atoms with Gasteiger partial charge in [0.15, 0.2) is 0 Å². The standard InChI is InChI=1S/C12H17N5O2S/c13-10(15-11(18)9-2-1-7-20-9)8-16-3-5-17(6-4-16)12(14)19/h1-2,7H,3-6,8H2,(H2,14,19)(H2,13,15,18). The van der Waals surface area contributed by atoms with Crippen LogP contribution >= 0.6 is 11.3 Å². The van der Waals surface area contributed by atoms with Crippen LogP contribution < -0.4 is 11.5 Å². The molecule has 7 nitrogen and oxygen atoms in total. The maximum Gasteiger partial charge on any atom is 0.314 e. The van der Waals surface area contributed by atoms with E-state index in [1.807, 2.05) is 10.3 Å². The second-order valence-electron chi connectivity index (χ2n) is 4.49. The Bertz CT molecular complexity index is 506. The van der Waals surface area contributed by atoms with E-state index in [-0.39, 0.29) is 11.7 Å². The number of primary amides is 1. The molecular weight excluding hydrogens is 278 g/mol. The quantitative estimate of drug-likeness (QED) is 0.602. The summed E-state index contributed by atoms with van der Waals surface area (Å²) in [7, 11) is 0. The molecule has 0 radical (unpaired) electrons. The van der Waals surface area contributed by atoms with E-state index in [2.05, 4.69) is 4.99 Å². The Morgan fingerprint density at radius 2 is 1.95 bits per heavy atom. The summed E-state index contributed by atoms with van der Waals surface area (Å²) < 4.78 is 0. The molecule has 1 aromatic heterocycles. The molecule has 108 valence electrons. The van der Waals surface area contributed by atoms with Gasteiger partial charge in [0.25, 0.3) is 5.91 Å². The van der Waals surface area contributed by atoms with Crippen molar-refractivity contribution in [2.75, 3.05) is 32.7 Å². The predicted molar refractivity (Wildman–Crippen MR) is 77.9 cm³/mol. The third kappa shape index (κ3) is 3.78. The van der Waals surface area contributed by atoms with Crippen LogP contribution in [0, 0.1) is 0 Å². The Hall–Kier alpha value is -1.93. The van der Waals surface area contributed by atoms with Gasteiger partial charge in [0.1, 0.15) is 5.84 Å². The lowest BCUT2D eigenvalue weighted by Gasteiger charge is -2.33. The Kier molecular flexibility index (Phi) is 4.70. The average Bonchev–Trinajstić information content (AvgIpc) is 2.93. The molecule has 0 aliphatic carbocycles. The molecule has 1 saturated heterocycles. The maximum absolute atomic E-state index is 11.8. The summed E-state index contributed by atoms with van der Waals surface area (Å²) in [5, 5.41) is 1.82. The third-order valence-corrected chi connectivity index (χ3v) is 3.90. The van der Waals surface area contributed by atoms with E-state index in [4.69, 9.17) is 11.5 Å².